The van der Waals surface area contributed by atoms with Crippen LogP contribution >= 0.6 is 0 Å². The van der Waals surface area contributed by atoms with Gasteiger partial charge in [-0.1, -0.05) is 12.1 Å². The van der Waals surface area contributed by atoms with Gasteiger partial charge in [-0.15, -0.1) is 0 Å². The van der Waals surface area contributed by atoms with E-state index < -0.39 is 11.2 Å². The first-order chi connectivity index (χ1) is 7.66. The molecule has 0 spiro atoms. The SMILES string of the molecule is C[S+]([O-])c1ccc(C2CN=C(N)NC2)cc1. The van der Waals surface area contributed by atoms with Gasteiger partial charge in [-0.3, -0.25) is 4.99 Å². The number of benzene rings is 1. The molecule has 5 heteroatoms. The Bertz CT molecular complexity index is 389. The Kier molecular flexibility index (Phi) is 3.36. The van der Waals surface area contributed by atoms with Gasteiger partial charge in [0.25, 0.3) is 0 Å². The van der Waals surface area contributed by atoms with Crippen molar-refractivity contribution in [1.82, 2.24) is 5.32 Å². The van der Waals surface area contributed by atoms with Gasteiger partial charge in [-0.2, -0.15) is 0 Å². The Labute approximate surface area is 98.1 Å². The lowest BCUT2D eigenvalue weighted by atomic mass is 9.98. The molecule has 1 aromatic rings. The summed E-state index contributed by atoms with van der Waals surface area (Å²) in [4.78, 5) is 5.03. The number of nitrogens with zero attached hydrogens (tertiary/aromatic N) is 1. The number of nitrogens with two attached hydrogens (primary N) is 1. The van der Waals surface area contributed by atoms with Crippen molar-refractivity contribution in [2.45, 2.75) is 10.8 Å². The monoisotopic (exact) mass is 237 g/mol. The zero-order chi connectivity index (χ0) is 11.5. The van der Waals surface area contributed by atoms with E-state index in [9.17, 15) is 4.55 Å². The van der Waals surface area contributed by atoms with Crippen molar-refractivity contribution in [3.05, 3.63) is 29.8 Å². The number of rotatable bonds is 2. The van der Waals surface area contributed by atoms with E-state index in [1.54, 1.807) is 6.26 Å². The van der Waals surface area contributed by atoms with E-state index in [-0.39, 0.29) is 0 Å². The molecule has 1 heterocycles. The van der Waals surface area contributed by atoms with Gasteiger partial charge in [-0.05, 0) is 28.9 Å². The van der Waals surface area contributed by atoms with Crippen molar-refractivity contribution in [2.75, 3.05) is 19.3 Å². The van der Waals surface area contributed by atoms with E-state index in [4.69, 9.17) is 5.73 Å². The normalized spacial score (nSPS) is 22.1. The molecule has 2 unspecified atom stereocenters. The van der Waals surface area contributed by atoms with E-state index in [0.29, 0.717) is 18.4 Å². The lowest BCUT2D eigenvalue weighted by molar-refractivity contribution is 0.600. The minimum absolute atomic E-state index is 0.353. The number of hydrogen-bond donors (Lipinski definition) is 2. The molecule has 4 nitrogen and oxygen atoms in total. The maximum atomic E-state index is 11.2. The first-order valence-corrected chi connectivity index (χ1v) is 6.70. The van der Waals surface area contributed by atoms with Gasteiger partial charge < -0.3 is 15.6 Å². The maximum absolute atomic E-state index is 11.2. The van der Waals surface area contributed by atoms with Crippen LogP contribution in [-0.4, -0.2) is 29.9 Å². The highest BCUT2D eigenvalue weighted by Crippen LogP contribution is 2.19. The van der Waals surface area contributed by atoms with Crippen LogP contribution in [0.2, 0.25) is 0 Å². The summed E-state index contributed by atoms with van der Waals surface area (Å²) in [7, 11) is 0. The molecular formula is C11H15N3OS. The molecule has 0 saturated heterocycles. The molecule has 16 heavy (non-hydrogen) atoms. The summed E-state index contributed by atoms with van der Waals surface area (Å²) in [6.07, 6.45) is 1.68. The van der Waals surface area contributed by atoms with Gasteiger partial charge in [0.05, 0.1) is 6.54 Å². The number of guanidine groups is 1. The maximum Gasteiger partial charge on any atom is 0.188 e. The summed E-state index contributed by atoms with van der Waals surface area (Å²) in [5, 5.41) is 3.04. The largest absolute Gasteiger partial charge is 0.612 e. The molecule has 0 bridgehead atoms. The highest BCUT2D eigenvalue weighted by atomic mass is 32.2. The fraction of sp³-hybridized carbons (Fsp3) is 0.364. The van der Waals surface area contributed by atoms with Crippen LogP contribution in [0.4, 0.5) is 0 Å². The van der Waals surface area contributed by atoms with E-state index in [0.717, 1.165) is 11.4 Å². The minimum atomic E-state index is -0.911. The topological polar surface area (TPSA) is 73.5 Å². The minimum Gasteiger partial charge on any atom is -0.612 e. The highest BCUT2D eigenvalue weighted by Gasteiger charge is 2.16. The lowest BCUT2D eigenvalue weighted by Gasteiger charge is -2.21. The van der Waals surface area contributed by atoms with Crippen LogP contribution < -0.4 is 11.1 Å². The Morgan fingerprint density at radius 1 is 1.44 bits per heavy atom. The first-order valence-electron chi connectivity index (χ1n) is 5.14. The molecular weight excluding hydrogens is 222 g/mol. The summed E-state index contributed by atoms with van der Waals surface area (Å²) in [6.45, 7) is 1.53. The third-order valence-corrected chi connectivity index (χ3v) is 3.63. The zero-order valence-corrected chi connectivity index (χ0v) is 9.96. The second kappa shape index (κ2) is 4.76. The quantitative estimate of drug-likeness (QED) is 0.732. The van der Waals surface area contributed by atoms with E-state index in [1.807, 2.05) is 24.3 Å². The molecule has 0 amide bonds. The molecule has 2 rings (SSSR count). The molecule has 0 radical (unpaired) electrons. The van der Waals surface area contributed by atoms with Crippen LogP contribution in [0, 0.1) is 0 Å². The van der Waals surface area contributed by atoms with Crippen LogP contribution in [0.3, 0.4) is 0 Å². The molecule has 1 aromatic carbocycles. The van der Waals surface area contributed by atoms with Gasteiger partial charge in [0, 0.05) is 12.5 Å². The average Bonchev–Trinajstić information content (AvgIpc) is 2.30. The summed E-state index contributed by atoms with van der Waals surface area (Å²) < 4.78 is 11.2. The van der Waals surface area contributed by atoms with E-state index >= 15 is 0 Å². The Morgan fingerprint density at radius 2 is 2.12 bits per heavy atom. The molecule has 1 aliphatic rings. The van der Waals surface area contributed by atoms with Crippen molar-refractivity contribution in [2.24, 2.45) is 10.7 Å². The smallest absolute Gasteiger partial charge is 0.188 e. The second-order valence-electron chi connectivity index (χ2n) is 3.83. The summed E-state index contributed by atoms with van der Waals surface area (Å²) in [5.74, 6) is 0.870. The lowest BCUT2D eigenvalue weighted by Crippen LogP contribution is -2.39. The Hall–Kier alpha value is -1.20. The highest BCUT2D eigenvalue weighted by molar-refractivity contribution is 7.90. The molecule has 0 aliphatic carbocycles. The van der Waals surface area contributed by atoms with E-state index in [2.05, 4.69) is 10.3 Å². The first kappa shape index (κ1) is 11.3. The number of hydrogen-bond acceptors (Lipinski definition) is 4. The van der Waals surface area contributed by atoms with Crippen molar-refractivity contribution in [3.63, 3.8) is 0 Å². The van der Waals surface area contributed by atoms with Gasteiger partial charge in [0.15, 0.2) is 10.9 Å². The van der Waals surface area contributed by atoms with Crippen molar-refractivity contribution >= 4 is 17.1 Å². The van der Waals surface area contributed by atoms with Crippen LogP contribution in [0.25, 0.3) is 0 Å². The third kappa shape index (κ3) is 2.48. The second-order valence-corrected chi connectivity index (χ2v) is 5.21. The summed E-state index contributed by atoms with van der Waals surface area (Å²) in [5.41, 5.74) is 6.74. The third-order valence-electron chi connectivity index (χ3n) is 2.70. The van der Waals surface area contributed by atoms with Gasteiger partial charge in [0.1, 0.15) is 6.26 Å². The molecule has 0 saturated carbocycles. The van der Waals surface area contributed by atoms with Crippen molar-refractivity contribution in [1.29, 1.82) is 0 Å². The molecule has 3 N–H and O–H groups in total. The molecule has 2 atom stereocenters. The Balaban J connectivity index is 2.10. The molecule has 86 valence electrons. The van der Waals surface area contributed by atoms with Gasteiger partial charge >= 0.3 is 0 Å². The number of nitrogens with one attached hydrogen (secondary N) is 1. The Morgan fingerprint density at radius 3 is 2.62 bits per heavy atom. The predicted molar refractivity (Wildman–Crippen MR) is 66.0 cm³/mol. The standard InChI is InChI=1S/C11H15N3OS/c1-16(15)10-4-2-8(3-5-10)9-6-13-11(12)14-7-9/h2-5,9H,6-7H2,1H3,(H3,12,13,14). The number of aliphatic imine (C=N–C) groups is 1. The predicted octanol–water partition coefficient (Wildman–Crippen LogP) is 0.426. The molecule has 0 aromatic heterocycles. The zero-order valence-electron chi connectivity index (χ0n) is 9.14. The van der Waals surface area contributed by atoms with E-state index in [1.165, 1.54) is 5.56 Å². The van der Waals surface area contributed by atoms with Crippen LogP contribution in [0.1, 0.15) is 11.5 Å². The van der Waals surface area contributed by atoms with Crippen LogP contribution in [-0.2, 0) is 11.2 Å². The van der Waals surface area contributed by atoms with Crippen LogP contribution in [0.15, 0.2) is 34.2 Å². The van der Waals surface area contributed by atoms with Crippen molar-refractivity contribution in [3.8, 4) is 0 Å². The van der Waals surface area contributed by atoms with Gasteiger partial charge in [0.2, 0.25) is 0 Å². The molecule has 1 aliphatic heterocycles. The fourth-order valence-corrected chi connectivity index (χ4v) is 2.23. The van der Waals surface area contributed by atoms with Gasteiger partial charge in [-0.25, -0.2) is 0 Å². The summed E-state index contributed by atoms with van der Waals surface area (Å²) >= 11 is -0.911. The summed E-state index contributed by atoms with van der Waals surface area (Å²) in [6, 6.07) is 7.85. The van der Waals surface area contributed by atoms with Crippen molar-refractivity contribution < 1.29 is 4.55 Å². The molecule has 0 fully saturated rings. The average molecular weight is 237 g/mol. The fourth-order valence-electron chi connectivity index (χ4n) is 1.71. The van der Waals surface area contributed by atoms with Crippen LogP contribution in [0.5, 0.6) is 0 Å².